The number of ketones is 1. The zero-order valence-electron chi connectivity index (χ0n) is 22.3. The van der Waals surface area contributed by atoms with Crippen molar-refractivity contribution in [3.8, 4) is 11.8 Å². The maximum Gasteiger partial charge on any atom is 0.321 e. The first kappa shape index (κ1) is 25.9. The Kier molecular flexibility index (Phi) is 8.54. The Hall–Kier alpha value is -2.74. The molecule has 0 spiro atoms. The van der Waals surface area contributed by atoms with Crippen LogP contribution in [0, 0.1) is 5.41 Å². The van der Waals surface area contributed by atoms with Crippen LogP contribution < -0.4 is 14.8 Å². The second-order valence-electron chi connectivity index (χ2n) is 10.9. The molecule has 3 aliphatic rings. The van der Waals surface area contributed by atoms with Crippen LogP contribution in [0.25, 0.3) is 0 Å². The van der Waals surface area contributed by atoms with E-state index in [1.54, 1.807) is 0 Å². The number of likely N-dealkylation sites (tertiary alicyclic amines) is 1. The van der Waals surface area contributed by atoms with Crippen molar-refractivity contribution in [3.63, 3.8) is 0 Å². The van der Waals surface area contributed by atoms with Gasteiger partial charge in [0.05, 0.1) is 18.8 Å². The number of ether oxygens (including phenoxy) is 2. The number of anilines is 1. The number of carbonyl (C=O) groups is 1. The van der Waals surface area contributed by atoms with E-state index in [9.17, 15) is 4.79 Å². The molecule has 0 radical (unpaired) electrons. The number of hydrogen-bond donors (Lipinski definition) is 1. The third-order valence-corrected chi connectivity index (χ3v) is 7.85. The van der Waals surface area contributed by atoms with Crippen LogP contribution >= 0.6 is 0 Å². The van der Waals surface area contributed by atoms with Crippen LogP contribution in [0.1, 0.15) is 92.9 Å². The van der Waals surface area contributed by atoms with Crippen molar-refractivity contribution >= 4 is 11.7 Å². The lowest BCUT2D eigenvalue weighted by atomic mass is 9.94. The van der Waals surface area contributed by atoms with Gasteiger partial charge in [-0.3, -0.25) is 4.79 Å². The Labute approximate surface area is 220 Å². The second-order valence-corrected chi connectivity index (χ2v) is 10.9. The van der Waals surface area contributed by atoms with Crippen LogP contribution in [0.4, 0.5) is 5.95 Å². The summed E-state index contributed by atoms with van der Waals surface area (Å²) in [5.41, 5.74) is 2.07. The summed E-state index contributed by atoms with van der Waals surface area (Å²) in [6.45, 7) is 7.45. The number of Topliss-reactive ketones (excluding diaryl/α,β-unsaturated/α-hetero) is 1. The molecule has 0 atom stereocenters. The first-order valence-electron chi connectivity index (χ1n) is 14.3. The topological polar surface area (TPSA) is 89.5 Å². The highest BCUT2D eigenvalue weighted by atomic mass is 16.5. The van der Waals surface area contributed by atoms with Crippen molar-refractivity contribution < 1.29 is 14.3 Å². The molecular formula is C29H41N5O3. The summed E-state index contributed by atoms with van der Waals surface area (Å²) in [5, 5.41) is 3.32. The average molecular weight is 508 g/mol. The fourth-order valence-corrected chi connectivity index (χ4v) is 5.51. The van der Waals surface area contributed by atoms with Gasteiger partial charge in [-0.1, -0.05) is 18.9 Å². The van der Waals surface area contributed by atoms with Crippen molar-refractivity contribution in [2.24, 2.45) is 5.41 Å². The number of nitrogens with one attached hydrogen (secondary N) is 1. The maximum atomic E-state index is 13.4. The van der Waals surface area contributed by atoms with Gasteiger partial charge in [0.2, 0.25) is 5.95 Å². The quantitative estimate of drug-likeness (QED) is 0.496. The smallest absolute Gasteiger partial charge is 0.321 e. The Balaban J connectivity index is 1.31. The number of nitrogens with zero attached hydrogens (tertiary/aromatic N) is 4. The molecule has 8 heteroatoms. The number of rotatable bonds is 8. The highest BCUT2D eigenvalue weighted by Crippen LogP contribution is 2.50. The molecule has 0 unspecified atom stereocenters. The Bertz CT molecular complexity index is 1070. The van der Waals surface area contributed by atoms with Gasteiger partial charge in [0.15, 0.2) is 5.78 Å². The average Bonchev–Trinajstić information content (AvgIpc) is 3.46. The summed E-state index contributed by atoms with van der Waals surface area (Å²) in [6.07, 6.45) is 11.4. The van der Waals surface area contributed by atoms with Crippen LogP contribution in [-0.2, 0) is 6.42 Å². The summed E-state index contributed by atoms with van der Waals surface area (Å²) in [5.74, 6) is 2.07. The van der Waals surface area contributed by atoms with Crippen LogP contribution in [0.3, 0.4) is 0 Å². The molecule has 1 saturated carbocycles. The zero-order chi connectivity index (χ0) is 25.5. The summed E-state index contributed by atoms with van der Waals surface area (Å²) in [7, 11) is 0. The third kappa shape index (κ3) is 7.18. The van der Waals surface area contributed by atoms with Gasteiger partial charge in [-0.15, -0.1) is 0 Å². The molecule has 1 saturated heterocycles. The van der Waals surface area contributed by atoms with E-state index in [0.717, 1.165) is 50.8 Å². The summed E-state index contributed by atoms with van der Waals surface area (Å²) < 4.78 is 11.8. The monoisotopic (exact) mass is 507 g/mol. The fourth-order valence-electron chi connectivity index (χ4n) is 5.51. The van der Waals surface area contributed by atoms with E-state index in [-0.39, 0.29) is 5.78 Å². The molecule has 2 fully saturated rings. The minimum Gasteiger partial charge on any atom is -0.493 e. The lowest BCUT2D eigenvalue weighted by molar-refractivity contribution is 0.0962. The molecule has 200 valence electrons. The minimum atomic E-state index is 0.192. The van der Waals surface area contributed by atoms with Crippen molar-refractivity contribution in [3.05, 3.63) is 35.2 Å². The fraction of sp³-hybridized carbons (Fsp3) is 0.655. The summed E-state index contributed by atoms with van der Waals surface area (Å²) >= 11 is 0. The van der Waals surface area contributed by atoms with Crippen molar-refractivity contribution in [2.75, 3.05) is 44.7 Å². The van der Waals surface area contributed by atoms with E-state index in [0.29, 0.717) is 60.6 Å². The number of carbonyl (C=O) groups excluding carboxylic acids is 1. The van der Waals surface area contributed by atoms with Crippen molar-refractivity contribution in [2.45, 2.75) is 77.6 Å². The number of hydrogen-bond acceptors (Lipinski definition) is 8. The van der Waals surface area contributed by atoms with Crippen LogP contribution in [-0.4, -0.2) is 65.0 Å². The molecule has 4 bridgehead atoms. The van der Waals surface area contributed by atoms with E-state index >= 15 is 0 Å². The van der Waals surface area contributed by atoms with Gasteiger partial charge in [0, 0.05) is 25.9 Å². The molecule has 1 N–H and O–H groups in total. The first-order valence-corrected chi connectivity index (χ1v) is 14.3. The van der Waals surface area contributed by atoms with E-state index < -0.39 is 0 Å². The number of aromatic nitrogens is 3. The SMILES string of the molecule is CCOc1nc2nc(n1)NCCCCCCOc1cc(ccc1C(=O)CCC1(CN3CCCC3)CC1)C2. The minimum absolute atomic E-state index is 0.192. The molecule has 2 aromatic rings. The zero-order valence-corrected chi connectivity index (χ0v) is 22.3. The highest BCUT2D eigenvalue weighted by Gasteiger charge is 2.44. The molecule has 37 heavy (non-hydrogen) atoms. The predicted octanol–water partition coefficient (Wildman–Crippen LogP) is 5.06. The van der Waals surface area contributed by atoms with Crippen LogP contribution in [0.15, 0.2) is 18.2 Å². The summed E-state index contributed by atoms with van der Waals surface area (Å²) in [6, 6.07) is 6.29. The molecule has 5 rings (SSSR count). The highest BCUT2D eigenvalue weighted by molar-refractivity contribution is 5.98. The van der Waals surface area contributed by atoms with Gasteiger partial charge in [-0.25, -0.2) is 0 Å². The first-order chi connectivity index (χ1) is 18.1. The van der Waals surface area contributed by atoms with Gasteiger partial charge < -0.3 is 19.7 Å². The normalized spacial score (nSPS) is 19.7. The molecule has 1 aliphatic carbocycles. The van der Waals surface area contributed by atoms with Crippen LogP contribution in [0.5, 0.6) is 11.8 Å². The van der Waals surface area contributed by atoms with Gasteiger partial charge in [-0.05, 0) is 88.1 Å². The van der Waals surface area contributed by atoms with E-state index in [2.05, 4.69) is 25.2 Å². The van der Waals surface area contributed by atoms with Crippen LogP contribution in [0.2, 0.25) is 0 Å². The van der Waals surface area contributed by atoms with Gasteiger partial charge >= 0.3 is 6.01 Å². The standard InChI is InChI=1S/C29H41N5O3/c1-2-36-28-32-26-20-22-9-10-23(24(35)11-12-29(13-14-29)21-34-16-6-7-17-34)25(19-22)37-18-8-4-3-5-15-30-27(31-26)33-28/h9-10,19H,2-8,11-18,20-21H2,1H3,(H,30,31,32,33). The third-order valence-electron chi connectivity index (χ3n) is 7.85. The second kappa shape index (κ2) is 12.2. The largest absolute Gasteiger partial charge is 0.493 e. The Morgan fingerprint density at radius 2 is 1.92 bits per heavy atom. The predicted molar refractivity (Wildman–Crippen MR) is 144 cm³/mol. The number of fused-ring (bicyclic) bond motifs is 4. The molecule has 2 aliphatic heterocycles. The van der Waals surface area contributed by atoms with Crippen molar-refractivity contribution in [1.82, 2.24) is 19.9 Å². The lowest BCUT2D eigenvalue weighted by Gasteiger charge is -2.22. The molecule has 1 aromatic carbocycles. The maximum absolute atomic E-state index is 13.4. The number of benzene rings is 1. The Morgan fingerprint density at radius 3 is 2.73 bits per heavy atom. The van der Waals surface area contributed by atoms with Gasteiger partial charge in [0.1, 0.15) is 11.6 Å². The van der Waals surface area contributed by atoms with Gasteiger partial charge in [0.25, 0.3) is 0 Å². The molecule has 1 aromatic heterocycles. The molecule has 0 amide bonds. The molecule has 3 heterocycles. The lowest BCUT2D eigenvalue weighted by Crippen LogP contribution is -2.28. The molecular weight excluding hydrogens is 466 g/mol. The van der Waals surface area contributed by atoms with E-state index in [4.69, 9.17) is 9.47 Å². The van der Waals surface area contributed by atoms with Gasteiger partial charge in [-0.2, -0.15) is 15.0 Å². The van der Waals surface area contributed by atoms with E-state index in [1.165, 1.54) is 38.8 Å². The summed E-state index contributed by atoms with van der Waals surface area (Å²) in [4.78, 5) is 29.5. The van der Waals surface area contributed by atoms with Crippen molar-refractivity contribution in [1.29, 1.82) is 0 Å². The Morgan fingerprint density at radius 1 is 1.08 bits per heavy atom. The molecule has 8 nitrogen and oxygen atoms in total. The van der Waals surface area contributed by atoms with E-state index in [1.807, 2.05) is 25.1 Å².